The lowest BCUT2D eigenvalue weighted by Gasteiger charge is -2.26. The van der Waals surface area contributed by atoms with Gasteiger partial charge >= 0.3 is 12.1 Å². The molecule has 3 rings (SSSR count). The summed E-state index contributed by atoms with van der Waals surface area (Å²) >= 11 is 2.73. The smallest absolute Gasteiger partial charge is 0.416 e. The second-order valence-electron chi connectivity index (χ2n) is 7.29. The lowest BCUT2D eigenvalue weighted by molar-refractivity contribution is -0.154. The number of carboxylic acid groups (broad SMARTS) is 1. The Morgan fingerprint density at radius 3 is 2.44 bits per heavy atom. The van der Waals surface area contributed by atoms with Crippen LogP contribution < -0.4 is 4.74 Å². The molecule has 0 aliphatic carbocycles. The molecule has 0 aliphatic heterocycles. The number of aliphatic carboxylic acids is 1. The number of alkyl halides is 3. The van der Waals surface area contributed by atoms with E-state index in [2.05, 4.69) is 9.36 Å². The Morgan fingerprint density at radius 2 is 1.88 bits per heavy atom. The molecule has 0 bridgehead atoms. The average molecular weight is 483 g/mol. The standard InChI is InChI=1S/C22H21F3N2O3S2/c1-4-21(3,20(28)29)30-17-10-9-16(11-13(17)2)31-12-18-26-19(27-32-18)14-5-7-15(8-6-14)22(23,24)25/h5-11H,4,12H2,1-3H3,(H,28,29). The zero-order valence-corrected chi connectivity index (χ0v) is 19.2. The molecule has 3 aromatic rings. The maximum absolute atomic E-state index is 12.7. The minimum absolute atomic E-state index is 0.330. The second-order valence-corrected chi connectivity index (χ2v) is 9.18. The summed E-state index contributed by atoms with van der Waals surface area (Å²) in [6, 6.07) is 10.3. The van der Waals surface area contributed by atoms with Crippen LogP contribution in [0.15, 0.2) is 47.4 Å². The number of rotatable bonds is 8. The van der Waals surface area contributed by atoms with E-state index < -0.39 is 23.3 Å². The number of hydrogen-bond donors (Lipinski definition) is 1. The van der Waals surface area contributed by atoms with Crippen molar-refractivity contribution < 1.29 is 27.8 Å². The summed E-state index contributed by atoms with van der Waals surface area (Å²) in [5.74, 6) is 0.436. The van der Waals surface area contributed by atoms with E-state index in [0.29, 0.717) is 29.3 Å². The van der Waals surface area contributed by atoms with Crippen LogP contribution in [-0.2, 0) is 16.7 Å². The van der Waals surface area contributed by atoms with Crippen molar-refractivity contribution in [3.8, 4) is 17.1 Å². The molecule has 1 unspecified atom stereocenters. The van der Waals surface area contributed by atoms with Gasteiger partial charge in [-0.2, -0.15) is 17.5 Å². The van der Waals surface area contributed by atoms with Gasteiger partial charge in [0.1, 0.15) is 10.8 Å². The molecule has 0 spiro atoms. The van der Waals surface area contributed by atoms with Crippen molar-refractivity contribution in [2.75, 3.05) is 0 Å². The molecule has 1 heterocycles. The number of carboxylic acids is 1. The molecule has 32 heavy (non-hydrogen) atoms. The fraction of sp³-hybridized carbons (Fsp3) is 0.318. The Labute approximate surface area is 191 Å². The predicted octanol–water partition coefficient (Wildman–Crippen LogP) is 6.46. The molecule has 1 N–H and O–H groups in total. The number of aromatic nitrogens is 2. The molecule has 0 fully saturated rings. The van der Waals surface area contributed by atoms with E-state index in [4.69, 9.17) is 4.74 Å². The van der Waals surface area contributed by atoms with Crippen molar-refractivity contribution >= 4 is 29.3 Å². The number of nitrogens with zero attached hydrogens (tertiary/aromatic N) is 2. The first-order valence-electron chi connectivity index (χ1n) is 9.68. The van der Waals surface area contributed by atoms with Crippen molar-refractivity contribution in [3.05, 3.63) is 58.6 Å². The molecule has 5 nitrogen and oxygen atoms in total. The molecule has 170 valence electrons. The average Bonchev–Trinajstić information content (AvgIpc) is 3.22. The van der Waals surface area contributed by atoms with E-state index in [-0.39, 0.29) is 0 Å². The number of hydrogen-bond acceptors (Lipinski definition) is 6. The van der Waals surface area contributed by atoms with Gasteiger partial charge in [0.25, 0.3) is 0 Å². The summed E-state index contributed by atoms with van der Waals surface area (Å²) in [5, 5.41) is 10.1. The van der Waals surface area contributed by atoms with Gasteiger partial charge in [-0.1, -0.05) is 19.1 Å². The molecule has 1 aromatic heterocycles. The quantitative estimate of drug-likeness (QED) is 0.372. The molecule has 0 aliphatic rings. The number of benzene rings is 2. The highest BCUT2D eigenvalue weighted by atomic mass is 32.2. The highest BCUT2D eigenvalue weighted by Crippen LogP contribution is 2.33. The maximum Gasteiger partial charge on any atom is 0.416 e. The number of aryl methyl sites for hydroxylation is 1. The van der Waals surface area contributed by atoms with Crippen LogP contribution in [0.1, 0.15) is 36.4 Å². The van der Waals surface area contributed by atoms with E-state index in [1.165, 1.54) is 35.4 Å². The monoisotopic (exact) mass is 482 g/mol. The summed E-state index contributed by atoms with van der Waals surface area (Å²) < 4.78 is 48.1. The van der Waals surface area contributed by atoms with Gasteiger partial charge in [0.15, 0.2) is 5.82 Å². The third kappa shape index (κ3) is 5.60. The Balaban J connectivity index is 1.65. The lowest BCUT2D eigenvalue weighted by Crippen LogP contribution is -2.40. The Morgan fingerprint density at radius 1 is 1.19 bits per heavy atom. The van der Waals surface area contributed by atoms with Crippen molar-refractivity contribution in [1.29, 1.82) is 0 Å². The third-order valence-electron chi connectivity index (χ3n) is 4.91. The normalized spacial score (nSPS) is 13.6. The van der Waals surface area contributed by atoms with E-state index >= 15 is 0 Å². The molecule has 0 saturated heterocycles. The number of carbonyl (C=O) groups is 1. The predicted molar refractivity (Wildman–Crippen MR) is 118 cm³/mol. The molecule has 0 saturated carbocycles. The topological polar surface area (TPSA) is 72.3 Å². The van der Waals surface area contributed by atoms with Gasteiger partial charge in [-0.3, -0.25) is 0 Å². The largest absolute Gasteiger partial charge is 0.478 e. The van der Waals surface area contributed by atoms with Crippen LogP contribution in [0.4, 0.5) is 13.2 Å². The van der Waals surface area contributed by atoms with Gasteiger partial charge in [-0.05, 0) is 67.7 Å². The first-order chi connectivity index (χ1) is 15.0. The van der Waals surface area contributed by atoms with Crippen molar-refractivity contribution in [2.45, 2.75) is 49.6 Å². The van der Waals surface area contributed by atoms with Crippen LogP contribution >= 0.6 is 23.3 Å². The summed E-state index contributed by atoms with van der Waals surface area (Å²) in [7, 11) is 0. The fourth-order valence-corrected chi connectivity index (χ4v) is 4.35. The van der Waals surface area contributed by atoms with Crippen molar-refractivity contribution in [1.82, 2.24) is 9.36 Å². The summed E-state index contributed by atoms with van der Waals surface area (Å²) in [4.78, 5) is 16.8. The number of thioether (sulfide) groups is 1. The van der Waals surface area contributed by atoms with Gasteiger partial charge in [-0.15, -0.1) is 11.8 Å². The molecule has 0 radical (unpaired) electrons. The SMILES string of the molecule is CCC(C)(Oc1ccc(SCc2nc(-c3ccc(C(F)(F)F)cc3)ns2)cc1C)C(=O)O. The molecule has 10 heteroatoms. The maximum atomic E-state index is 12.7. The molecular weight excluding hydrogens is 461 g/mol. The molecule has 2 aromatic carbocycles. The van der Waals surface area contributed by atoms with E-state index in [1.54, 1.807) is 19.9 Å². The molecular formula is C22H21F3N2O3S2. The zero-order chi connectivity index (χ0) is 23.5. The summed E-state index contributed by atoms with van der Waals surface area (Å²) in [6.07, 6.45) is -4.05. The molecule has 1 atom stereocenters. The van der Waals surface area contributed by atoms with Crippen LogP contribution in [0.5, 0.6) is 5.75 Å². The number of halogens is 3. The van der Waals surface area contributed by atoms with E-state index in [1.807, 2.05) is 19.1 Å². The van der Waals surface area contributed by atoms with Crippen LogP contribution in [0.3, 0.4) is 0 Å². The van der Waals surface area contributed by atoms with Gasteiger partial charge < -0.3 is 9.84 Å². The first kappa shape index (κ1) is 24.1. The molecule has 0 amide bonds. The zero-order valence-electron chi connectivity index (χ0n) is 17.6. The summed E-state index contributed by atoms with van der Waals surface area (Å²) in [5.41, 5.74) is -0.655. The Hall–Kier alpha value is -2.59. The highest BCUT2D eigenvalue weighted by molar-refractivity contribution is 7.98. The lowest BCUT2D eigenvalue weighted by atomic mass is 10.0. The summed E-state index contributed by atoms with van der Waals surface area (Å²) in [6.45, 7) is 5.15. The van der Waals surface area contributed by atoms with Crippen molar-refractivity contribution in [2.24, 2.45) is 0 Å². The van der Waals surface area contributed by atoms with Gasteiger partial charge in [-0.25, -0.2) is 9.78 Å². The van der Waals surface area contributed by atoms with Crippen LogP contribution in [-0.4, -0.2) is 26.0 Å². The minimum Gasteiger partial charge on any atom is -0.478 e. The number of ether oxygens (including phenoxy) is 1. The highest BCUT2D eigenvalue weighted by Gasteiger charge is 2.34. The third-order valence-corrected chi connectivity index (χ3v) is 6.81. The second kappa shape index (κ2) is 9.50. The Kier molecular flexibility index (Phi) is 7.14. The fourth-order valence-electron chi connectivity index (χ4n) is 2.72. The van der Waals surface area contributed by atoms with Crippen LogP contribution in [0.25, 0.3) is 11.4 Å². The van der Waals surface area contributed by atoms with E-state index in [0.717, 1.165) is 27.6 Å². The Bertz CT molecular complexity index is 1100. The van der Waals surface area contributed by atoms with Crippen molar-refractivity contribution in [3.63, 3.8) is 0 Å². The van der Waals surface area contributed by atoms with Crippen LogP contribution in [0, 0.1) is 6.92 Å². The minimum atomic E-state index is -4.38. The van der Waals surface area contributed by atoms with Gasteiger partial charge in [0.05, 0.1) is 11.3 Å². The van der Waals surface area contributed by atoms with E-state index in [9.17, 15) is 23.1 Å². The van der Waals surface area contributed by atoms with Gasteiger partial charge in [0.2, 0.25) is 5.60 Å². The first-order valence-corrected chi connectivity index (χ1v) is 11.4. The van der Waals surface area contributed by atoms with Crippen LogP contribution in [0.2, 0.25) is 0 Å². The van der Waals surface area contributed by atoms with Gasteiger partial charge in [0, 0.05) is 10.5 Å².